The summed E-state index contributed by atoms with van der Waals surface area (Å²) in [6.45, 7) is -3.48. The summed E-state index contributed by atoms with van der Waals surface area (Å²) in [6.07, 6.45) is -16.3. The van der Waals surface area contributed by atoms with Crippen LogP contribution >= 0.6 is 0 Å². The standard InChI is InChI=1S/C9H3F17O/c10-2(11,1-27)4(13,14)6(17,18)7(19,20)5(15,16)3(12,8(21,22)23)9(24,25)26/h27H,1H2. The van der Waals surface area contributed by atoms with E-state index in [4.69, 9.17) is 5.11 Å². The Morgan fingerprint density at radius 1 is 0.407 bits per heavy atom. The molecule has 0 saturated heterocycles. The lowest BCUT2D eigenvalue weighted by molar-refractivity contribution is -0.466. The quantitative estimate of drug-likeness (QED) is 0.566. The number of aliphatic hydroxyl groups excluding tert-OH is 1. The molecule has 0 bridgehead atoms. The van der Waals surface area contributed by atoms with Crippen LogP contribution in [0.2, 0.25) is 0 Å². The van der Waals surface area contributed by atoms with Gasteiger partial charge in [0.15, 0.2) is 0 Å². The predicted molar refractivity (Wildman–Crippen MR) is 47.8 cm³/mol. The van der Waals surface area contributed by atoms with Gasteiger partial charge in [-0.25, -0.2) is 4.39 Å². The lowest BCUT2D eigenvalue weighted by atomic mass is 9.84. The van der Waals surface area contributed by atoms with E-state index >= 15 is 0 Å². The highest BCUT2D eigenvalue weighted by Crippen LogP contribution is 2.65. The topological polar surface area (TPSA) is 20.2 Å². The molecule has 1 nitrogen and oxygen atoms in total. The van der Waals surface area contributed by atoms with Crippen molar-refractivity contribution in [3.63, 3.8) is 0 Å². The maximum Gasteiger partial charge on any atom is 0.438 e. The number of aliphatic hydroxyl groups is 1. The third-order valence-electron chi connectivity index (χ3n) is 3.05. The lowest BCUT2D eigenvalue weighted by Crippen LogP contribution is -2.77. The second-order valence-corrected chi connectivity index (χ2v) is 4.81. The van der Waals surface area contributed by atoms with Gasteiger partial charge in [0.25, 0.3) is 0 Å². The summed E-state index contributed by atoms with van der Waals surface area (Å²) >= 11 is 0. The van der Waals surface area contributed by atoms with Crippen LogP contribution in [0.1, 0.15) is 0 Å². The minimum atomic E-state index is -8.77. The van der Waals surface area contributed by atoms with Crippen LogP contribution in [0.3, 0.4) is 0 Å². The Labute approximate surface area is 135 Å². The molecular weight excluding hydrogens is 447 g/mol. The van der Waals surface area contributed by atoms with Gasteiger partial charge in [0.2, 0.25) is 0 Å². The first-order valence-corrected chi connectivity index (χ1v) is 5.63. The van der Waals surface area contributed by atoms with E-state index in [2.05, 4.69) is 0 Å². The zero-order valence-electron chi connectivity index (χ0n) is 11.6. The Hall–Kier alpha value is -1.23. The van der Waals surface area contributed by atoms with E-state index in [-0.39, 0.29) is 0 Å². The van der Waals surface area contributed by atoms with Crippen LogP contribution < -0.4 is 0 Å². The fourth-order valence-electron chi connectivity index (χ4n) is 1.46. The molecule has 0 aliphatic heterocycles. The largest absolute Gasteiger partial charge is 0.438 e. The van der Waals surface area contributed by atoms with Gasteiger partial charge in [-0.1, -0.05) is 0 Å². The summed E-state index contributed by atoms with van der Waals surface area (Å²) in [5.41, 5.74) is -8.55. The fraction of sp³-hybridized carbons (Fsp3) is 1.00. The van der Waals surface area contributed by atoms with Gasteiger partial charge < -0.3 is 5.11 Å². The summed E-state index contributed by atoms with van der Waals surface area (Å²) < 4.78 is 215. The third-order valence-corrected chi connectivity index (χ3v) is 3.05. The van der Waals surface area contributed by atoms with Gasteiger partial charge in [0.1, 0.15) is 6.61 Å². The highest BCUT2D eigenvalue weighted by molar-refractivity contribution is 5.17. The summed E-state index contributed by atoms with van der Waals surface area (Å²) in [6, 6.07) is 0. The van der Waals surface area contributed by atoms with E-state index in [1.165, 1.54) is 0 Å². The van der Waals surface area contributed by atoms with Gasteiger partial charge in [-0.3, -0.25) is 0 Å². The molecule has 164 valence electrons. The fourth-order valence-corrected chi connectivity index (χ4v) is 1.46. The first kappa shape index (κ1) is 25.8. The molecule has 0 spiro atoms. The van der Waals surface area contributed by atoms with Crippen molar-refractivity contribution in [2.24, 2.45) is 0 Å². The van der Waals surface area contributed by atoms with E-state index < -0.39 is 54.2 Å². The summed E-state index contributed by atoms with van der Waals surface area (Å²) in [7, 11) is 0. The molecule has 0 fully saturated rings. The second kappa shape index (κ2) is 6.13. The molecule has 1 N–H and O–H groups in total. The second-order valence-electron chi connectivity index (χ2n) is 4.81. The number of rotatable bonds is 6. The summed E-state index contributed by atoms with van der Waals surface area (Å²) in [5, 5.41) is 7.75. The lowest BCUT2D eigenvalue weighted by Gasteiger charge is -2.44. The maximum atomic E-state index is 13.1. The van der Waals surface area contributed by atoms with E-state index in [0.29, 0.717) is 0 Å². The molecule has 0 heterocycles. The van der Waals surface area contributed by atoms with Gasteiger partial charge in [-0.15, -0.1) is 0 Å². The highest BCUT2D eigenvalue weighted by Gasteiger charge is 2.97. The molecule has 0 radical (unpaired) electrons. The van der Waals surface area contributed by atoms with Crippen molar-refractivity contribution in [2.45, 2.75) is 47.6 Å². The normalized spacial score (nSPS) is 16.7. The average Bonchev–Trinajstić information content (AvgIpc) is 2.42. The number of alkyl halides is 17. The van der Waals surface area contributed by atoms with Gasteiger partial charge >= 0.3 is 47.6 Å². The van der Waals surface area contributed by atoms with Crippen LogP contribution in [0, 0.1) is 0 Å². The molecule has 27 heavy (non-hydrogen) atoms. The van der Waals surface area contributed by atoms with Gasteiger partial charge in [-0.05, 0) is 0 Å². The Morgan fingerprint density at radius 3 is 0.889 bits per heavy atom. The molecule has 0 aromatic carbocycles. The zero-order chi connectivity index (χ0) is 22.7. The molecule has 0 aliphatic carbocycles. The highest BCUT2D eigenvalue weighted by atomic mass is 19.4. The van der Waals surface area contributed by atoms with Crippen LogP contribution in [0.15, 0.2) is 0 Å². The molecule has 0 aromatic heterocycles. The van der Waals surface area contributed by atoms with Crippen molar-refractivity contribution in [1.29, 1.82) is 0 Å². The minimum Gasteiger partial charge on any atom is -0.390 e. The SMILES string of the molecule is OCC(F)(F)C(F)(F)C(F)(F)C(F)(F)C(F)(F)C(F)(C(F)(F)F)C(F)(F)F. The van der Waals surface area contributed by atoms with Gasteiger partial charge in [0.05, 0.1) is 0 Å². The summed E-state index contributed by atoms with van der Waals surface area (Å²) in [5.74, 6) is -40.5. The van der Waals surface area contributed by atoms with Crippen molar-refractivity contribution >= 4 is 0 Å². The number of hydrogen-bond donors (Lipinski definition) is 1. The van der Waals surface area contributed by atoms with E-state index in [1.54, 1.807) is 0 Å². The van der Waals surface area contributed by atoms with Crippen molar-refractivity contribution in [3.05, 3.63) is 0 Å². The average molecular weight is 450 g/mol. The Bertz CT molecular complexity index is 526. The van der Waals surface area contributed by atoms with Gasteiger partial charge in [-0.2, -0.15) is 70.2 Å². The molecular formula is C9H3F17O. The maximum absolute atomic E-state index is 13.1. The molecule has 0 aromatic rings. The van der Waals surface area contributed by atoms with Crippen molar-refractivity contribution in [2.75, 3.05) is 6.61 Å². The zero-order valence-corrected chi connectivity index (χ0v) is 11.6. The predicted octanol–water partition coefficient (Wildman–Crippen LogP) is 4.99. The Balaban J connectivity index is 6.89. The van der Waals surface area contributed by atoms with Gasteiger partial charge in [0, 0.05) is 0 Å². The van der Waals surface area contributed by atoms with E-state index in [1.807, 2.05) is 0 Å². The van der Waals surface area contributed by atoms with Crippen LogP contribution in [0.5, 0.6) is 0 Å². The van der Waals surface area contributed by atoms with Crippen molar-refractivity contribution in [1.82, 2.24) is 0 Å². The van der Waals surface area contributed by atoms with Crippen LogP contribution in [-0.2, 0) is 0 Å². The van der Waals surface area contributed by atoms with E-state index in [9.17, 15) is 74.6 Å². The first-order chi connectivity index (χ1) is 11.3. The molecule has 0 rings (SSSR count). The third kappa shape index (κ3) is 3.06. The van der Waals surface area contributed by atoms with Crippen LogP contribution in [0.25, 0.3) is 0 Å². The Kier molecular flexibility index (Phi) is 5.85. The monoisotopic (exact) mass is 450 g/mol. The summed E-state index contributed by atoms with van der Waals surface area (Å²) in [4.78, 5) is 0. The molecule has 0 amide bonds. The molecule has 18 heteroatoms. The van der Waals surface area contributed by atoms with Crippen molar-refractivity contribution < 1.29 is 79.7 Å². The van der Waals surface area contributed by atoms with E-state index in [0.717, 1.165) is 0 Å². The molecule has 0 saturated carbocycles. The number of halogens is 17. The van der Waals surface area contributed by atoms with Crippen molar-refractivity contribution in [3.8, 4) is 0 Å². The van der Waals surface area contributed by atoms with Crippen LogP contribution in [-0.4, -0.2) is 59.3 Å². The smallest absolute Gasteiger partial charge is 0.390 e. The Morgan fingerprint density at radius 2 is 0.667 bits per heavy atom. The van der Waals surface area contributed by atoms with Crippen LogP contribution in [0.4, 0.5) is 74.6 Å². The minimum absolute atomic E-state index is 3.48. The molecule has 0 aliphatic rings. The molecule has 0 unspecified atom stereocenters. The molecule has 0 atom stereocenters. The number of hydrogen-bond acceptors (Lipinski definition) is 1. The first-order valence-electron chi connectivity index (χ1n) is 5.63.